The summed E-state index contributed by atoms with van der Waals surface area (Å²) < 4.78 is 0. The molecule has 7 heteroatoms. The summed E-state index contributed by atoms with van der Waals surface area (Å²) >= 11 is 0. The van der Waals surface area contributed by atoms with E-state index in [4.69, 9.17) is 5.73 Å². The summed E-state index contributed by atoms with van der Waals surface area (Å²) in [4.78, 5) is 33.1. The maximum absolute atomic E-state index is 12.7. The third-order valence-electron chi connectivity index (χ3n) is 6.38. The smallest absolute Gasteiger partial charge is 0.321 e. The summed E-state index contributed by atoms with van der Waals surface area (Å²) in [5.74, 6) is 0.329. The molecule has 1 aromatic heterocycles. The number of fused-ring (bicyclic) bond motifs is 1. The number of urea groups is 1. The molecule has 7 nitrogen and oxygen atoms in total. The third kappa shape index (κ3) is 3.66. The van der Waals surface area contributed by atoms with Gasteiger partial charge in [-0.25, -0.2) is 4.79 Å². The van der Waals surface area contributed by atoms with Gasteiger partial charge < -0.3 is 20.9 Å². The number of nitrogens with two attached hydrogens (primary N) is 1. The lowest BCUT2D eigenvalue weighted by Gasteiger charge is -2.39. The summed E-state index contributed by atoms with van der Waals surface area (Å²) in [5, 5.41) is 2.95. The van der Waals surface area contributed by atoms with Gasteiger partial charge in [0, 0.05) is 49.2 Å². The van der Waals surface area contributed by atoms with Crippen LogP contribution < -0.4 is 11.1 Å². The Morgan fingerprint density at radius 1 is 1.12 bits per heavy atom. The quantitative estimate of drug-likeness (QED) is 0.658. The lowest BCUT2D eigenvalue weighted by molar-refractivity contribution is 0.0716. The zero-order chi connectivity index (χ0) is 22.2. The van der Waals surface area contributed by atoms with Gasteiger partial charge in [0.05, 0.1) is 11.7 Å². The second-order valence-electron chi connectivity index (χ2n) is 8.47. The molecule has 1 atom stereocenters. The van der Waals surface area contributed by atoms with Gasteiger partial charge in [0.1, 0.15) is 0 Å². The number of nitrogens with one attached hydrogen (secondary N) is 1. The standard InChI is InChI=1S/C25H25N5O2/c1-16(30-15-18-4-2-3-5-23(18)24(30)31)17-6-8-22(9-7-17)28-25(32)29-13-20(14-29)19-10-21(26)12-27-11-19/h2-12,16,20H,13-15,26H2,1H3,(H,28,32)/t16-/m0/s1. The summed E-state index contributed by atoms with van der Waals surface area (Å²) in [6.07, 6.45) is 3.43. The van der Waals surface area contributed by atoms with E-state index in [1.165, 1.54) is 0 Å². The number of aromatic nitrogens is 1. The molecule has 3 heterocycles. The SMILES string of the molecule is C[C@@H](c1ccc(NC(=O)N2CC(c3cncc(N)c3)C2)cc1)N1Cc2ccccc2C1=O. The largest absolute Gasteiger partial charge is 0.397 e. The molecule has 32 heavy (non-hydrogen) atoms. The predicted molar refractivity (Wildman–Crippen MR) is 123 cm³/mol. The average Bonchev–Trinajstić information content (AvgIpc) is 3.09. The number of nitrogens with zero attached hydrogens (tertiary/aromatic N) is 3. The molecule has 2 aliphatic heterocycles. The van der Waals surface area contributed by atoms with E-state index in [2.05, 4.69) is 10.3 Å². The fourth-order valence-corrected chi connectivity index (χ4v) is 4.37. The van der Waals surface area contributed by atoms with Crippen LogP contribution in [0.5, 0.6) is 0 Å². The Balaban J connectivity index is 1.18. The topological polar surface area (TPSA) is 91.6 Å². The fraction of sp³-hybridized carbons (Fsp3) is 0.240. The zero-order valence-corrected chi connectivity index (χ0v) is 17.9. The van der Waals surface area contributed by atoms with E-state index in [1.54, 1.807) is 17.3 Å². The molecule has 0 bridgehead atoms. The Morgan fingerprint density at radius 2 is 1.88 bits per heavy atom. The molecule has 162 valence electrons. The number of pyridine rings is 1. The monoisotopic (exact) mass is 427 g/mol. The van der Waals surface area contributed by atoms with Crippen molar-refractivity contribution in [1.29, 1.82) is 0 Å². The number of anilines is 2. The van der Waals surface area contributed by atoms with Gasteiger partial charge in [-0.15, -0.1) is 0 Å². The highest BCUT2D eigenvalue weighted by Crippen LogP contribution is 2.32. The van der Waals surface area contributed by atoms with Gasteiger partial charge in [0.15, 0.2) is 0 Å². The summed E-state index contributed by atoms with van der Waals surface area (Å²) in [6.45, 7) is 3.93. The van der Waals surface area contributed by atoms with Crippen LogP contribution in [0.3, 0.4) is 0 Å². The molecule has 2 aromatic carbocycles. The maximum atomic E-state index is 12.7. The van der Waals surface area contributed by atoms with Gasteiger partial charge in [-0.05, 0) is 47.9 Å². The number of carbonyl (C=O) groups is 2. The van der Waals surface area contributed by atoms with E-state index in [1.807, 2.05) is 66.4 Å². The highest BCUT2D eigenvalue weighted by Gasteiger charge is 2.33. The average molecular weight is 428 g/mol. The number of nitrogen functional groups attached to an aromatic ring is 1. The summed E-state index contributed by atoms with van der Waals surface area (Å²) in [5.41, 5.74) is 11.1. The molecule has 0 spiro atoms. The van der Waals surface area contributed by atoms with Gasteiger partial charge in [-0.2, -0.15) is 0 Å². The molecule has 1 fully saturated rings. The first-order valence-corrected chi connectivity index (χ1v) is 10.7. The van der Waals surface area contributed by atoms with E-state index in [9.17, 15) is 9.59 Å². The van der Waals surface area contributed by atoms with Crippen LogP contribution in [0.1, 0.15) is 45.9 Å². The minimum Gasteiger partial charge on any atom is -0.397 e. The number of hydrogen-bond acceptors (Lipinski definition) is 4. The number of likely N-dealkylation sites (tertiary alicyclic amines) is 1. The Bertz CT molecular complexity index is 1170. The van der Waals surface area contributed by atoms with Crippen molar-refractivity contribution in [3.63, 3.8) is 0 Å². The highest BCUT2D eigenvalue weighted by molar-refractivity contribution is 5.98. The van der Waals surface area contributed by atoms with E-state index in [0.29, 0.717) is 25.3 Å². The third-order valence-corrected chi connectivity index (χ3v) is 6.38. The molecule has 0 radical (unpaired) electrons. The summed E-state index contributed by atoms with van der Waals surface area (Å²) in [7, 11) is 0. The zero-order valence-electron chi connectivity index (χ0n) is 17.9. The van der Waals surface area contributed by atoms with Gasteiger partial charge >= 0.3 is 6.03 Å². The van der Waals surface area contributed by atoms with Crippen molar-refractivity contribution in [3.05, 3.63) is 89.2 Å². The van der Waals surface area contributed by atoms with Crippen LogP contribution in [0, 0.1) is 0 Å². The van der Waals surface area contributed by atoms with Crippen LogP contribution in [0.2, 0.25) is 0 Å². The van der Waals surface area contributed by atoms with Crippen LogP contribution in [0.15, 0.2) is 67.0 Å². The molecular weight excluding hydrogens is 402 g/mol. The van der Waals surface area contributed by atoms with E-state index in [-0.39, 0.29) is 23.9 Å². The lowest BCUT2D eigenvalue weighted by atomic mass is 9.93. The van der Waals surface area contributed by atoms with E-state index in [0.717, 1.165) is 27.9 Å². The van der Waals surface area contributed by atoms with Crippen LogP contribution in [-0.4, -0.2) is 39.8 Å². The van der Waals surface area contributed by atoms with E-state index < -0.39 is 0 Å². The molecule has 2 aliphatic rings. The number of hydrogen-bond donors (Lipinski definition) is 2. The molecule has 0 saturated carbocycles. The first-order valence-electron chi connectivity index (χ1n) is 10.7. The van der Waals surface area contributed by atoms with Crippen molar-refractivity contribution in [2.24, 2.45) is 0 Å². The molecule has 3 amide bonds. The summed E-state index contributed by atoms with van der Waals surface area (Å²) in [6, 6.07) is 17.2. The van der Waals surface area contributed by atoms with Gasteiger partial charge in [-0.3, -0.25) is 9.78 Å². The van der Waals surface area contributed by atoms with Crippen molar-refractivity contribution in [2.75, 3.05) is 24.1 Å². The number of carbonyl (C=O) groups excluding carboxylic acids is 2. The lowest BCUT2D eigenvalue weighted by Crippen LogP contribution is -2.50. The minimum atomic E-state index is -0.121. The number of rotatable bonds is 4. The van der Waals surface area contributed by atoms with E-state index >= 15 is 0 Å². The van der Waals surface area contributed by atoms with Crippen molar-refractivity contribution < 1.29 is 9.59 Å². The fourth-order valence-electron chi connectivity index (χ4n) is 4.37. The number of benzene rings is 2. The highest BCUT2D eigenvalue weighted by atomic mass is 16.2. The molecule has 0 unspecified atom stereocenters. The Morgan fingerprint density at radius 3 is 2.59 bits per heavy atom. The maximum Gasteiger partial charge on any atom is 0.321 e. The molecule has 1 saturated heterocycles. The molecule has 3 aromatic rings. The van der Waals surface area contributed by atoms with Crippen molar-refractivity contribution in [3.8, 4) is 0 Å². The minimum absolute atomic E-state index is 0.0530. The second-order valence-corrected chi connectivity index (χ2v) is 8.47. The number of amides is 3. The van der Waals surface area contributed by atoms with Gasteiger partial charge in [-0.1, -0.05) is 30.3 Å². The molecular formula is C25H25N5O2. The Labute approximate surface area is 186 Å². The van der Waals surface area contributed by atoms with Crippen LogP contribution in [0.4, 0.5) is 16.2 Å². The van der Waals surface area contributed by atoms with Gasteiger partial charge in [0.2, 0.25) is 0 Å². The van der Waals surface area contributed by atoms with Crippen LogP contribution >= 0.6 is 0 Å². The molecule has 0 aliphatic carbocycles. The van der Waals surface area contributed by atoms with Gasteiger partial charge in [0.25, 0.3) is 5.91 Å². The molecule has 3 N–H and O–H groups in total. The normalized spacial score (nSPS) is 16.5. The first kappa shape index (κ1) is 20.1. The van der Waals surface area contributed by atoms with Crippen molar-refractivity contribution in [1.82, 2.24) is 14.8 Å². The van der Waals surface area contributed by atoms with Crippen molar-refractivity contribution >= 4 is 23.3 Å². The van der Waals surface area contributed by atoms with Crippen LogP contribution in [-0.2, 0) is 6.54 Å². The van der Waals surface area contributed by atoms with Crippen LogP contribution in [0.25, 0.3) is 0 Å². The predicted octanol–water partition coefficient (Wildman–Crippen LogP) is 4.01. The van der Waals surface area contributed by atoms with Crippen molar-refractivity contribution in [2.45, 2.75) is 25.4 Å². The first-order chi connectivity index (χ1) is 15.5. The Hall–Kier alpha value is -3.87. The molecule has 5 rings (SSSR count). The second kappa shape index (κ2) is 8.00. The Kier molecular flexibility index (Phi) is 5.01.